The van der Waals surface area contributed by atoms with Crippen molar-refractivity contribution >= 4 is 34.7 Å². The minimum absolute atomic E-state index is 0.159. The Balaban J connectivity index is 1.34. The van der Waals surface area contributed by atoms with E-state index >= 15 is 0 Å². The number of urea groups is 1. The maximum Gasteiger partial charge on any atom is 0.573 e. The van der Waals surface area contributed by atoms with Crippen LogP contribution >= 0.6 is 12.2 Å². The van der Waals surface area contributed by atoms with Gasteiger partial charge in [-0.25, -0.2) is 14.5 Å². The van der Waals surface area contributed by atoms with Crippen molar-refractivity contribution < 1.29 is 22.7 Å². The topological polar surface area (TPSA) is 93.1 Å². The smallest absolute Gasteiger partial charge is 0.406 e. The third-order valence-electron chi connectivity index (χ3n) is 4.93. The summed E-state index contributed by atoms with van der Waals surface area (Å²) in [5.41, 5.74) is 4.63. The molecule has 4 aromatic rings. The maximum atomic E-state index is 12.3. The molecule has 3 N–H and O–H groups in total. The number of nitrogens with one attached hydrogen (secondary N) is 3. The van der Waals surface area contributed by atoms with Crippen molar-refractivity contribution in [3.05, 3.63) is 84.2 Å². The summed E-state index contributed by atoms with van der Waals surface area (Å²) in [4.78, 5) is 16.6. The fourth-order valence-electron chi connectivity index (χ4n) is 3.50. The van der Waals surface area contributed by atoms with Crippen LogP contribution in [0, 0.1) is 13.8 Å². The number of hydrogen-bond acceptors (Lipinski definition) is 5. The minimum Gasteiger partial charge on any atom is -0.406 e. The van der Waals surface area contributed by atoms with Gasteiger partial charge in [-0.15, -0.1) is 18.3 Å². The molecule has 3 aromatic carbocycles. The molecule has 190 valence electrons. The van der Waals surface area contributed by atoms with E-state index in [4.69, 9.17) is 12.2 Å². The Morgan fingerprint density at radius 2 is 1.57 bits per heavy atom. The number of rotatable bonds is 5. The molecule has 0 fully saturated rings. The number of halogens is 3. The van der Waals surface area contributed by atoms with Crippen LogP contribution in [0.2, 0.25) is 0 Å². The molecule has 0 unspecified atom stereocenters. The van der Waals surface area contributed by atoms with Crippen molar-refractivity contribution in [2.75, 3.05) is 10.6 Å². The lowest BCUT2D eigenvalue weighted by Crippen LogP contribution is -2.37. The normalized spacial score (nSPS) is 11.1. The van der Waals surface area contributed by atoms with Gasteiger partial charge < -0.3 is 15.4 Å². The number of amides is 2. The number of benzene rings is 3. The van der Waals surface area contributed by atoms with E-state index in [1.807, 2.05) is 32.0 Å². The van der Waals surface area contributed by atoms with E-state index in [2.05, 4.69) is 30.8 Å². The third-order valence-corrected chi connectivity index (χ3v) is 5.14. The van der Waals surface area contributed by atoms with Crippen LogP contribution in [0.4, 0.5) is 29.3 Å². The summed E-state index contributed by atoms with van der Waals surface area (Å²) in [5, 5.41) is 12.8. The highest BCUT2D eigenvalue weighted by Gasteiger charge is 2.31. The Morgan fingerprint density at radius 3 is 2.19 bits per heavy atom. The Hall–Kier alpha value is -4.45. The van der Waals surface area contributed by atoms with Crippen LogP contribution in [0.1, 0.15) is 11.1 Å². The van der Waals surface area contributed by atoms with Gasteiger partial charge in [-0.05, 0) is 97.9 Å². The van der Waals surface area contributed by atoms with Crippen LogP contribution in [-0.2, 0) is 0 Å². The predicted molar refractivity (Wildman–Crippen MR) is 138 cm³/mol. The van der Waals surface area contributed by atoms with Gasteiger partial charge >= 0.3 is 12.4 Å². The Morgan fingerprint density at radius 1 is 0.919 bits per heavy atom. The van der Waals surface area contributed by atoms with Crippen molar-refractivity contribution in [3.8, 4) is 22.8 Å². The van der Waals surface area contributed by atoms with Crippen molar-refractivity contribution in [2.45, 2.75) is 20.2 Å². The number of aryl methyl sites for hydroxylation is 2. The summed E-state index contributed by atoms with van der Waals surface area (Å²) in [5.74, 6) is 0.0657. The zero-order chi connectivity index (χ0) is 26.6. The van der Waals surface area contributed by atoms with Crippen LogP contribution < -0.4 is 20.7 Å². The molecule has 37 heavy (non-hydrogen) atoms. The average Bonchev–Trinajstić information content (AvgIpc) is 3.28. The van der Waals surface area contributed by atoms with Gasteiger partial charge in [-0.2, -0.15) is 0 Å². The second-order valence-electron chi connectivity index (χ2n) is 8.04. The molecule has 0 aliphatic rings. The quantitative estimate of drug-likeness (QED) is 0.278. The lowest BCUT2D eigenvalue weighted by atomic mass is 10.1. The molecule has 0 aliphatic heterocycles. The molecule has 2 amide bonds. The summed E-state index contributed by atoms with van der Waals surface area (Å²) in [6.07, 6.45) is -3.31. The molecule has 0 saturated carbocycles. The molecule has 0 saturated heterocycles. The SMILES string of the molecule is Cc1cc(C)cc(NC(=S)NC(=O)Nc2ccc(-c3ncn(-c4ccc(OC(F)(F)F)cc4)n3)cc2)c1. The highest BCUT2D eigenvalue weighted by molar-refractivity contribution is 7.80. The van der Waals surface area contributed by atoms with Crippen LogP contribution in [0.25, 0.3) is 17.1 Å². The lowest BCUT2D eigenvalue weighted by Gasteiger charge is -2.12. The van der Waals surface area contributed by atoms with E-state index in [1.165, 1.54) is 35.3 Å². The van der Waals surface area contributed by atoms with Crippen molar-refractivity contribution in [1.29, 1.82) is 0 Å². The number of ether oxygens (including phenoxy) is 1. The highest BCUT2D eigenvalue weighted by Crippen LogP contribution is 2.24. The Kier molecular flexibility index (Phi) is 7.39. The molecular weight excluding hydrogens is 505 g/mol. The molecule has 1 aromatic heterocycles. The summed E-state index contributed by atoms with van der Waals surface area (Å²) in [6, 6.07) is 17.4. The van der Waals surface area contributed by atoms with Crippen LogP contribution in [0.3, 0.4) is 0 Å². The van der Waals surface area contributed by atoms with Crippen LogP contribution in [-0.4, -0.2) is 32.3 Å². The monoisotopic (exact) mass is 526 g/mol. The summed E-state index contributed by atoms with van der Waals surface area (Å²) in [6.45, 7) is 3.94. The van der Waals surface area contributed by atoms with Crippen molar-refractivity contribution in [2.24, 2.45) is 0 Å². The van der Waals surface area contributed by atoms with Crippen LogP contribution in [0.15, 0.2) is 73.1 Å². The summed E-state index contributed by atoms with van der Waals surface area (Å²) >= 11 is 5.21. The maximum absolute atomic E-state index is 12.3. The van der Waals surface area contributed by atoms with E-state index in [9.17, 15) is 18.0 Å². The number of thiocarbonyl (C=S) groups is 1. The van der Waals surface area contributed by atoms with E-state index < -0.39 is 12.4 Å². The molecule has 0 spiro atoms. The van der Waals surface area contributed by atoms with Gasteiger partial charge in [-0.1, -0.05) is 6.07 Å². The van der Waals surface area contributed by atoms with E-state index in [-0.39, 0.29) is 10.9 Å². The number of alkyl halides is 3. The first-order valence-corrected chi connectivity index (χ1v) is 11.3. The summed E-state index contributed by atoms with van der Waals surface area (Å²) < 4.78 is 42.3. The van der Waals surface area contributed by atoms with Gasteiger partial charge in [0.15, 0.2) is 10.9 Å². The zero-order valence-corrected chi connectivity index (χ0v) is 20.4. The second-order valence-corrected chi connectivity index (χ2v) is 8.45. The molecule has 1 heterocycles. The third kappa shape index (κ3) is 7.27. The molecule has 0 atom stereocenters. The molecule has 0 bridgehead atoms. The number of carbonyl (C=O) groups excluding carboxylic acids is 1. The molecule has 12 heteroatoms. The fraction of sp³-hybridized carbons (Fsp3) is 0.120. The first kappa shape index (κ1) is 25.6. The first-order valence-electron chi connectivity index (χ1n) is 10.9. The fourth-order valence-corrected chi connectivity index (χ4v) is 3.71. The molecule has 0 aliphatic carbocycles. The summed E-state index contributed by atoms with van der Waals surface area (Å²) in [7, 11) is 0. The van der Waals surface area contributed by atoms with Gasteiger partial charge in [0, 0.05) is 16.9 Å². The van der Waals surface area contributed by atoms with Gasteiger partial charge in [0.25, 0.3) is 0 Å². The standard InChI is InChI=1S/C25H21F3N6O2S/c1-15-11-16(2)13-19(12-15)31-24(37)32-23(35)30-18-5-3-17(4-6-18)22-29-14-34(33-22)20-7-9-21(10-8-20)36-25(26,27)28/h3-14H,1-2H3,(H3,30,31,32,35,37). The minimum atomic E-state index is -4.76. The van der Waals surface area contributed by atoms with Gasteiger partial charge in [0.1, 0.15) is 12.1 Å². The molecule has 0 radical (unpaired) electrons. The number of hydrogen-bond donors (Lipinski definition) is 3. The van der Waals surface area contributed by atoms with E-state index in [0.717, 1.165) is 16.8 Å². The second kappa shape index (κ2) is 10.7. The molecule has 8 nitrogen and oxygen atoms in total. The van der Waals surface area contributed by atoms with Crippen molar-refractivity contribution in [1.82, 2.24) is 20.1 Å². The van der Waals surface area contributed by atoms with Gasteiger partial charge in [0.05, 0.1) is 5.69 Å². The van der Waals surface area contributed by atoms with E-state index in [1.54, 1.807) is 24.3 Å². The average molecular weight is 527 g/mol. The lowest BCUT2D eigenvalue weighted by molar-refractivity contribution is -0.274. The largest absolute Gasteiger partial charge is 0.573 e. The predicted octanol–water partition coefficient (Wildman–Crippen LogP) is 5.97. The number of nitrogens with zero attached hydrogens (tertiary/aromatic N) is 3. The Bertz CT molecular complexity index is 1400. The Labute approximate surface area is 215 Å². The van der Waals surface area contributed by atoms with Gasteiger partial charge in [-0.3, -0.25) is 5.32 Å². The number of aromatic nitrogens is 3. The first-order chi connectivity index (χ1) is 17.5. The van der Waals surface area contributed by atoms with E-state index in [0.29, 0.717) is 22.8 Å². The van der Waals surface area contributed by atoms with Crippen molar-refractivity contribution in [3.63, 3.8) is 0 Å². The zero-order valence-electron chi connectivity index (χ0n) is 19.6. The van der Waals surface area contributed by atoms with Gasteiger partial charge in [0.2, 0.25) is 0 Å². The highest BCUT2D eigenvalue weighted by atomic mass is 32.1. The molecule has 4 rings (SSSR count). The number of carbonyl (C=O) groups is 1. The van der Waals surface area contributed by atoms with Crippen LogP contribution in [0.5, 0.6) is 5.75 Å². The number of anilines is 2. The molecular formula is C25H21F3N6O2S.